The lowest BCUT2D eigenvalue weighted by molar-refractivity contribution is -0.119. The smallest absolute Gasteiger partial charge is 0.250 e. The van der Waals surface area contributed by atoms with E-state index in [0.29, 0.717) is 29.6 Å². The first-order valence-corrected chi connectivity index (χ1v) is 9.77. The van der Waals surface area contributed by atoms with Gasteiger partial charge in [-0.1, -0.05) is 56.9 Å². The highest BCUT2D eigenvalue weighted by Gasteiger charge is 2.03. The number of amides is 1. The van der Waals surface area contributed by atoms with E-state index in [1.807, 2.05) is 69.3 Å². The number of allylic oxidation sites excluding steroid dienone is 3. The van der Waals surface area contributed by atoms with Crippen LogP contribution in [0.25, 0.3) is 0 Å². The molecule has 2 aromatic carbocycles. The van der Waals surface area contributed by atoms with E-state index in [1.165, 1.54) is 7.11 Å². The minimum Gasteiger partial charge on any atom is -0.489 e. The Morgan fingerprint density at radius 2 is 1.70 bits per heavy atom. The lowest BCUT2D eigenvalue weighted by atomic mass is 10.2. The number of ether oxygens (including phenoxy) is 3. The molecule has 0 aliphatic rings. The van der Waals surface area contributed by atoms with Gasteiger partial charge in [0.25, 0.3) is 0 Å². The van der Waals surface area contributed by atoms with E-state index >= 15 is 0 Å². The van der Waals surface area contributed by atoms with Crippen LogP contribution in [0.5, 0.6) is 11.5 Å². The van der Waals surface area contributed by atoms with Gasteiger partial charge < -0.3 is 19.5 Å². The van der Waals surface area contributed by atoms with E-state index in [2.05, 4.69) is 18.5 Å². The molecular formula is C25H31NO4. The summed E-state index contributed by atoms with van der Waals surface area (Å²) in [6.07, 6.45) is 3.60. The molecular weight excluding hydrogens is 378 g/mol. The summed E-state index contributed by atoms with van der Waals surface area (Å²) in [6.45, 7) is 14.0. The van der Waals surface area contributed by atoms with Crippen LogP contribution in [0.2, 0.25) is 0 Å². The first kappa shape index (κ1) is 24.7. The fourth-order valence-corrected chi connectivity index (χ4v) is 2.23. The van der Waals surface area contributed by atoms with Crippen molar-refractivity contribution in [2.75, 3.05) is 19.0 Å². The number of nitrogens with one attached hydrogen (secondary N) is 1. The molecule has 0 radical (unpaired) electrons. The number of anilines is 1. The number of hydrogen-bond donors (Lipinski definition) is 1. The number of carbonyl (C=O) groups excluding carboxylic acids is 1. The van der Waals surface area contributed by atoms with Crippen LogP contribution in [0.3, 0.4) is 0 Å². The van der Waals surface area contributed by atoms with Crippen LogP contribution in [-0.2, 0) is 16.1 Å². The van der Waals surface area contributed by atoms with Gasteiger partial charge in [0.15, 0.2) is 0 Å². The monoisotopic (exact) mass is 409 g/mol. The molecule has 0 heterocycles. The zero-order chi connectivity index (χ0) is 22.4. The second kappa shape index (κ2) is 13.8. The minimum atomic E-state index is -0.192. The molecule has 2 rings (SSSR count). The van der Waals surface area contributed by atoms with Crippen molar-refractivity contribution in [1.82, 2.24) is 0 Å². The lowest BCUT2D eigenvalue weighted by Gasteiger charge is -2.10. The molecule has 0 saturated carbocycles. The predicted molar refractivity (Wildman–Crippen MR) is 123 cm³/mol. The van der Waals surface area contributed by atoms with E-state index in [0.717, 1.165) is 11.1 Å². The second-order valence-corrected chi connectivity index (χ2v) is 6.19. The Balaban J connectivity index is 0.00000218. The molecule has 0 aliphatic carbocycles. The fraction of sp³-hybridized carbons (Fsp3) is 0.240. The van der Waals surface area contributed by atoms with Crippen molar-refractivity contribution in [3.8, 4) is 11.5 Å². The highest BCUT2D eigenvalue weighted by molar-refractivity contribution is 5.91. The maximum atomic E-state index is 11.5. The van der Waals surface area contributed by atoms with Crippen molar-refractivity contribution in [2.45, 2.75) is 27.4 Å². The molecule has 1 N–H and O–H groups in total. The largest absolute Gasteiger partial charge is 0.489 e. The van der Waals surface area contributed by atoms with Gasteiger partial charge in [-0.05, 0) is 42.8 Å². The molecule has 1 amide bonds. The van der Waals surface area contributed by atoms with Crippen molar-refractivity contribution >= 4 is 11.6 Å². The lowest BCUT2D eigenvalue weighted by Crippen LogP contribution is -2.16. The summed E-state index contributed by atoms with van der Waals surface area (Å²) in [5.41, 5.74) is 2.61. The van der Waals surface area contributed by atoms with Gasteiger partial charge in [-0.3, -0.25) is 4.79 Å². The summed E-state index contributed by atoms with van der Waals surface area (Å²) < 4.78 is 16.3. The Labute approximate surface area is 179 Å². The van der Waals surface area contributed by atoms with E-state index in [-0.39, 0.29) is 12.5 Å². The van der Waals surface area contributed by atoms with Crippen LogP contribution in [-0.4, -0.2) is 19.6 Å². The maximum absolute atomic E-state index is 11.5. The molecule has 0 unspecified atom stereocenters. The summed E-state index contributed by atoms with van der Waals surface area (Å²) in [5.74, 6) is 1.66. The third-order valence-electron chi connectivity index (χ3n) is 3.53. The van der Waals surface area contributed by atoms with Gasteiger partial charge in [0, 0.05) is 18.9 Å². The van der Waals surface area contributed by atoms with Gasteiger partial charge >= 0.3 is 0 Å². The zero-order valence-corrected chi connectivity index (χ0v) is 18.2. The van der Waals surface area contributed by atoms with Gasteiger partial charge in [-0.25, -0.2) is 0 Å². The quantitative estimate of drug-likeness (QED) is 0.392. The summed E-state index contributed by atoms with van der Waals surface area (Å²) in [6, 6.07) is 14.8. The normalized spacial score (nSPS) is 10.0. The molecule has 0 aliphatic heterocycles. The second-order valence-electron chi connectivity index (χ2n) is 6.19. The third kappa shape index (κ3) is 9.75. The van der Waals surface area contributed by atoms with Crippen LogP contribution in [0.15, 0.2) is 85.2 Å². The zero-order valence-electron chi connectivity index (χ0n) is 18.2. The molecule has 5 nitrogen and oxygen atoms in total. The summed E-state index contributed by atoms with van der Waals surface area (Å²) in [5, 5.41) is 2.75. The highest BCUT2D eigenvalue weighted by atomic mass is 16.5. The van der Waals surface area contributed by atoms with E-state index in [9.17, 15) is 4.79 Å². The standard InChI is InChI=1S/C23H25NO4.C2H6/c1-17(2)8-9-18(3)28-22-7-5-6-21(14-22)27-15-19-10-12-20(13-11-19)24-23(25)16-26-4;1-2/h5-14H,1,3,15-16H2,2,4H3,(H,24,25);1-2H3/b9-8-;. The fourth-order valence-electron chi connectivity index (χ4n) is 2.23. The van der Waals surface area contributed by atoms with Crippen LogP contribution in [0, 0.1) is 0 Å². The van der Waals surface area contributed by atoms with Gasteiger partial charge in [0.1, 0.15) is 30.5 Å². The maximum Gasteiger partial charge on any atom is 0.250 e. The molecule has 160 valence electrons. The molecule has 0 spiro atoms. The summed E-state index contributed by atoms with van der Waals surface area (Å²) in [7, 11) is 1.48. The summed E-state index contributed by atoms with van der Waals surface area (Å²) in [4.78, 5) is 11.5. The van der Waals surface area contributed by atoms with E-state index in [4.69, 9.17) is 14.2 Å². The Morgan fingerprint density at radius 3 is 2.33 bits per heavy atom. The Kier molecular flexibility index (Phi) is 11.4. The van der Waals surface area contributed by atoms with Gasteiger partial charge in [-0.2, -0.15) is 0 Å². The molecule has 0 aromatic heterocycles. The topological polar surface area (TPSA) is 56.8 Å². The van der Waals surface area contributed by atoms with Crippen LogP contribution in [0.4, 0.5) is 5.69 Å². The molecule has 0 bridgehead atoms. The van der Waals surface area contributed by atoms with Crippen LogP contribution < -0.4 is 14.8 Å². The molecule has 5 heteroatoms. The minimum absolute atomic E-state index is 0.0265. The third-order valence-corrected chi connectivity index (χ3v) is 3.53. The van der Waals surface area contributed by atoms with E-state index in [1.54, 1.807) is 12.1 Å². The number of carbonyl (C=O) groups is 1. The average molecular weight is 410 g/mol. The van der Waals surface area contributed by atoms with Crippen LogP contribution >= 0.6 is 0 Å². The van der Waals surface area contributed by atoms with Crippen molar-refractivity contribution in [3.63, 3.8) is 0 Å². The van der Waals surface area contributed by atoms with Crippen LogP contribution in [0.1, 0.15) is 26.3 Å². The number of benzene rings is 2. The first-order valence-electron chi connectivity index (χ1n) is 9.77. The number of rotatable bonds is 10. The number of hydrogen-bond acceptors (Lipinski definition) is 4. The average Bonchev–Trinajstić information content (AvgIpc) is 2.74. The molecule has 0 saturated heterocycles. The highest BCUT2D eigenvalue weighted by Crippen LogP contribution is 2.22. The first-order chi connectivity index (χ1) is 14.5. The van der Waals surface area contributed by atoms with Gasteiger partial charge in [0.2, 0.25) is 5.91 Å². The van der Waals surface area contributed by atoms with E-state index < -0.39 is 0 Å². The molecule has 0 fully saturated rings. The molecule has 30 heavy (non-hydrogen) atoms. The summed E-state index contributed by atoms with van der Waals surface area (Å²) >= 11 is 0. The van der Waals surface area contributed by atoms with Crippen molar-refractivity contribution in [1.29, 1.82) is 0 Å². The number of methoxy groups -OCH3 is 1. The van der Waals surface area contributed by atoms with Gasteiger partial charge in [0.05, 0.1) is 0 Å². The SMILES string of the molecule is C=C(C)/C=C\C(=C)Oc1cccc(OCc2ccc(NC(=O)COC)cc2)c1.CC. The molecule has 0 atom stereocenters. The Bertz CT molecular complexity index is 854. The van der Waals surface area contributed by atoms with Gasteiger partial charge in [-0.15, -0.1) is 0 Å². The Morgan fingerprint density at radius 1 is 1.03 bits per heavy atom. The predicted octanol–water partition coefficient (Wildman–Crippen LogP) is 5.90. The van der Waals surface area contributed by atoms with Crippen molar-refractivity contribution in [2.24, 2.45) is 0 Å². The molecule has 2 aromatic rings. The Hall–Kier alpha value is -3.31. The van der Waals surface area contributed by atoms with Crippen molar-refractivity contribution in [3.05, 3.63) is 90.7 Å². The van der Waals surface area contributed by atoms with Crippen molar-refractivity contribution < 1.29 is 19.0 Å².